The predicted octanol–water partition coefficient (Wildman–Crippen LogP) is -0.473. The highest BCUT2D eigenvalue weighted by Crippen LogP contribution is 2.54. The lowest BCUT2D eigenvalue weighted by molar-refractivity contribution is -0.238. The summed E-state index contributed by atoms with van der Waals surface area (Å²) in [5, 5.41) is 27.9. The third kappa shape index (κ3) is 10.6. The van der Waals surface area contributed by atoms with E-state index in [2.05, 4.69) is 0 Å². The van der Waals surface area contributed by atoms with Gasteiger partial charge in [0.15, 0.2) is 18.3 Å². The number of rotatable bonds is 15. The zero-order chi connectivity index (χ0) is 30.2. The van der Waals surface area contributed by atoms with Crippen molar-refractivity contribution in [2.45, 2.75) is 76.7 Å². The number of carbonyl (C=O) groups excluding carboxylic acids is 3. The third-order valence-corrected chi connectivity index (χ3v) is 7.80. The third-order valence-electron chi connectivity index (χ3n) is 5.01. The highest BCUT2D eigenvalue weighted by Gasteiger charge is 2.61. The van der Waals surface area contributed by atoms with Crippen molar-refractivity contribution in [2.75, 3.05) is 19.0 Å². The van der Waals surface area contributed by atoms with Crippen LogP contribution in [0.2, 0.25) is 0 Å². The molecule has 228 valence electrons. The second-order valence-corrected chi connectivity index (χ2v) is 13.3. The highest BCUT2D eigenvalue weighted by molar-refractivity contribution is 7.53. The molecule has 1 aliphatic carbocycles. The Morgan fingerprint density at radius 2 is 0.718 bits per heavy atom. The summed E-state index contributed by atoms with van der Waals surface area (Å²) >= 11 is 0. The molecule has 0 heterocycles. The van der Waals surface area contributed by atoms with Gasteiger partial charge in [-0.3, -0.25) is 41.6 Å². The minimum Gasteiger partial charge on any atom is -0.455 e. The predicted molar refractivity (Wildman–Crippen MR) is 126 cm³/mol. The summed E-state index contributed by atoms with van der Waals surface area (Å²) in [6, 6.07) is 0. The average molecular weight is 630 g/mol. The van der Waals surface area contributed by atoms with Crippen LogP contribution >= 0.6 is 22.8 Å². The second-order valence-electron chi connectivity index (χ2n) is 7.97. The molecule has 0 aromatic rings. The van der Waals surface area contributed by atoms with Gasteiger partial charge in [-0.2, -0.15) is 0 Å². The van der Waals surface area contributed by atoms with E-state index in [1.54, 1.807) is 0 Å². The van der Waals surface area contributed by atoms with E-state index in [1.807, 2.05) is 0 Å². The number of ether oxygens (including phenoxy) is 3. The average Bonchev–Trinajstić information content (AvgIpc) is 2.89. The summed E-state index contributed by atoms with van der Waals surface area (Å²) in [5.74, 6) is -3.14. The van der Waals surface area contributed by atoms with Gasteiger partial charge in [0.2, 0.25) is 0 Å². The van der Waals surface area contributed by atoms with Crippen molar-refractivity contribution in [3.8, 4) is 0 Å². The molecule has 0 saturated heterocycles. The number of esters is 3. The van der Waals surface area contributed by atoms with E-state index in [1.165, 1.54) is 20.8 Å². The molecule has 39 heavy (non-hydrogen) atoms. The van der Waals surface area contributed by atoms with Gasteiger partial charge in [-0.1, -0.05) is 20.8 Å². The van der Waals surface area contributed by atoms with Crippen molar-refractivity contribution < 1.29 is 85.9 Å². The Balaban J connectivity index is 4.04. The quantitative estimate of drug-likeness (QED) is 0.0757. The SMILES string of the molecule is CCC(=O)OC1[C@@H](OC(=O)CC)[C@H](OP(=O)(O)CO)C(OP(=O)(O)CO)[C@@H](OP(=O)(O)CO)[C@H]1OC(=O)CC. The largest absolute Gasteiger partial charge is 0.455 e. The van der Waals surface area contributed by atoms with Gasteiger partial charge < -0.3 is 44.2 Å². The maximum Gasteiger partial charge on any atom is 0.353 e. The Labute approximate surface area is 222 Å². The first-order valence-corrected chi connectivity index (χ1v) is 16.7. The van der Waals surface area contributed by atoms with Gasteiger partial charge in [0.1, 0.15) is 37.4 Å². The van der Waals surface area contributed by atoms with Gasteiger partial charge in [-0.25, -0.2) is 0 Å². The minimum atomic E-state index is -5.11. The summed E-state index contributed by atoms with van der Waals surface area (Å²) in [6.45, 7) is 3.98. The molecule has 0 radical (unpaired) electrons. The molecule has 0 spiro atoms. The molecular formula is C18H33O18P3. The summed E-state index contributed by atoms with van der Waals surface area (Å²) in [5.41, 5.74) is 0. The molecule has 18 nitrogen and oxygen atoms in total. The topological polar surface area (TPSA) is 279 Å². The maximum absolute atomic E-state index is 12.4. The molecule has 0 amide bonds. The first kappa shape index (κ1) is 35.8. The lowest BCUT2D eigenvalue weighted by Crippen LogP contribution is -2.68. The lowest BCUT2D eigenvalue weighted by atomic mass is 9.84. The first-order valence-electron chi connectivity index (χ1n) is 11.4. The standard InChI is InChI=1S/C18H33O18P3/c1-4-10(22)31-13-14(32-11(23)5-2)16(34-37(25,26)7-19)18(36-39(29,30)9-21)17(35-38(27,28)8-20)15(13)33-12(24)6-3/h13-21H,4-9H2,1-3H3,(H,25,26)(H,27,28)(H,29,30)/t13?,14-,15+,16-,17-,18?/m0/s1. The Morgan fingerprint density at radius 3 is 0.923 bits per heavy atom. The zero-order valence-electron chi connectivity index (χ0n) is 21.1. The van der Waals surface area contributed by atoms with Gasteiger partial charge in [-0.15, -0.1) is 0 Å². The molecule has 1 fully saturated rings. The van der Waals surface area contributed by atoms with Crippen LogP contribution in [0.4, 0.5) is 0 Å². The van der Waals surface area contributed by atoms with E-state index in [0.29, 0.717) is 0 Å². The van der Waals surface area contributed by atoms with E-state index in [4.69, 9.17) is 27.8 Å². The molecule has 0 aromatic carbocycles. The lowest BCUT2D eigenvalue weighted by Gasteiger charge is -2.48. The molecular weight excluding hydrogens is 597 g/mol. The molecule has 0 aliphatic heterocycles. The minimum absolute atomic E-state index is 0.322. The van der Waals surface area contributed by atoms with Crippen LogP contribution in [0.15, 0.2) is 0 Å². The second kappa shape index (κ2) is 15.1. The van der Waals surface area contributed by atoms with Crippen LogP contribution < -0.4 is 0 Å². The number of hydrogen-bond donors (Lipinski definition) is 6. The summed E-state index contributed by atoms with van der Waals surface area (Å²) in [6.07, 6.45) is -18.9. The molecule has 6 N–H and O–H groups in total. The molecule has 5 unspecified atom stereocenters. The van der Waals surface area contributed by atoms with Crippen LogP contribution in [0, 0.1) is 0 Å². The van der Waals surface area contributed by atoms with Crippen LogP contribution in [0.25, 0.3) is 0 Å². The monoisotopic (exact) mass is 630 g/mol. The van der Waals surface area contributed by atoms with E-state index >= 15 is 0 Å². The van der Waals surface area contributed by atoms with Crippen LogP contribution in [0.3, 0.4) is 0 Å². The van der Waals surface area contributed by atoms with Crippen LogP contribution in [-0.4, -0.2) is 104 Å². The summed E-state index contributed by atoms with van der Waals surface area (Å²) in [7, 11) is -15.3. The molecule has 1 rings (SSSR count). The molecule has 0 bridgehead atoms. The summed E-state index contributed by atoms with van der Waals surface area (Å²) < 4.78 is 67.9. The fourth-order valence-electron chi connectivity index (χ4n) is 3.26. The van der Waals surface area contributed by atoms with E-state index < -0.39 is 96.4 Å². The molecule has 0 aromatic heterocycles. The fourth-order valence-corrected chi connectivity index (χ4v) is 5.32. The van der Waals surface area contributed by atoms with Crippen molar-refractivity contribution >= 4 is 40.7 Å². The normalized spacial score (nSPS) is 29.8. The van der Waals surface area contributed by atoms with Crippen molar-refractivity contribution in [3.63, 3.8) is 0 Å². The number of carbonyl (C=O) groups is 3. The van der Waals surface area contributed by atoms with Gasteiger partial charge in [-0.05, 0) is 0 Å². The van der Waals surface area contributed by atoms with Crippen molar-refractivity contribution in [3.05, 3.63) is 0 Å². The molecule has 1 saturated carbocycles. The van der Waals surface area contributed by atoms with Crippen LogP contribution in [0.1, 0.15) is 40.0 Å². The van der Waals surface area contributed by atoms with Crippen LogP contribution in [0.5, 0.6) is 0 Å². The van der Waals surface area contributed by atoms with Crippen molar-refractivity contribution in [1.82, 2.24) is 0 Å². The fraction of sp³-hybridized carbons (Fsp3) is 0.833. The van der Waals surface area contributed by atoms with E-state index in [0.717, 1.165) is 0 Å². The van der Waals surface area contributed by atoms with Gasteiger partial charge >= 0.3 is 40.7 Å². The number of hydrogen-bond acceptors (Lipinski definition) is 15. The highest BCUT2D eigenvalue weighted by atomic mass is 31.2. The van der Waals surface area contributed by atoms with Gasteiger partial charge in [0.05, 0.1) is 0 Å². The van der Waals surface area contributed by atoms with E-state index in [9.17, 15) is 58.1 Å². The Hall–Kier alpha value is -1.26. The van der Waals surface area contributed by atoms with Crippen molar-refractivity contribution in [2.24, 2.45) is 0 Å². The Bertz CT molecular complexity index is 946. The molecule has 9 atom stereocenters. The number of aliphatic hydroxyl groups is 3. The smallest absolute Gasteiger partial charge is 0.353 e. The van der Waals surface area contributed by atoms with Crippen molar-refractivity contribution in [1.29, 1.82) is 0 Å². The molecule has 21 heteroatoms. The summed E-state index contributed by atoms with van der Waals surface area (Å²) in [4.78, 5) is 67.0. The first-order chi connectivity index (χ1) is 18.0. The zero-order valence-corrected chi connectivity index (χ0v) is 23.8. The molecule has 1 aliphatic rings. The van der Waals surface area contributed by atoms with Crippen LogP contribution in [-0.2, 0) is 55.9 Å². The van der Waals surface area contributed by atoms with E-state index in [-0.39, 0.29) is 19.3 Å². The maximum atomic E-state index is 12.4. The van der Waals surface area contributed by atoms with Gasteiger partial charge in [0.25, 0.3) is 0 Å². The Morgan fingerprint density at radius 1 is 0.513 bits per heavy atom. The number of aliphatic hydroxyl groups excluding tert-OH is 3. The Kier molecular flexibility index (Phi) is 13.9. The van der Waals surface area contributed by atoms with Gasteiger partial charge in [0, 0.05) is 19.3 Å².